The van der Waals surface area contributed by atoms with E-state index in [0.29, 0.717) is 18.6 Å². The van der Waals surface area contributed by atoms with Crippen molar-refractivity contribution < 1.29 is 23.1 Å². The SMILES string of the molecule is CCCC1(OC)C(C(CC)OCC2CO2)CCC[Si]1(OC)OC. The van der Waals surface area contributed by atoms with Gasteiger partial charge >= 0.3 is 8.56 Å². The first-order chi connectivity index (χ1) is 11.1. The van der Waals surface area contributed by atoms with Crippen LogP contribution in [-0.2, 0) is 23.1 Å². The van der Waals surface area contributed by atoms with Gasteiger partial charge in [-0.3, -0.25) is 0 Å². The molecule has 2 aliphatic rings. The Morgan fingerprint density at radius 1 is 1.22 bits per heavy atom. The highest BCUT2D eigenvalue weighted by Crippen LogP contribution is 2.48. The molecule has 0 aromatic rings. The van der Waals surface area contributed by atoms with Gasteiger partial charge in [-0.1, -0.05) is 26.7 Å². The van der Waals surface area contributed by atoms with Crippen molar-refractivity contribution in [1.29, 1.82) is 0 Å². The minimum atomic E-state index is -2.45. The van der Waals surface area contributed by atoms with Gasteiger partial charge in [-0.15, -0.1) is 0 Å². The first-order valence-electron chi connectivity index (χ1n) is 9.01. The molecule has 23 heavy (non-hydrogen) atoms. The number of epoxide rings is 1. The van der Waals surface area contributed by atoms with Crippen LogP contribution in [0.1, 0.15) is 46.0 Å². The summed E-state index contributed by atoms with van der Waals surface area (Å²) in [6, 6.07) is 0.993. The van der Waals surface area contributed by atoms with E-state index in [1.165, 1.54) is 0 Å². The van der Waals surface area contributed by atoms with Crippen molar-refractivity contribution in [2.45, 2.75) is 69.4 Å². The second-order valence-corrected chi connectivity index (χ2v) is 10.4. The van der Waals surface area contributed by atoms with Crippen LogP contribution in [0, 0.1) is 5.92 Å². The van der Waals surface area contributed by atoms with Crippen LogP contribution in [0.2, 0.25) is 6.04 Å². The third kappa shape index (κ3) is 3.67. The summed E-state index contributed by atoms with van der Waals surface area (Å²) in [5, 5.41) is -0.339. The smallest absolute Gasteiger partial charge is 0.371 e. The molecule has 136 valence electrons. The summed E-state index contributed by atoms with van der Waals surface area (Å²) in [6.07, 6.45) is 5.68. The Morgan fingerprint density at radius 3 is 2.39 bits per heavy atom. The lowest BCUT2D eigenvalue weighted by molar-refractivity contribution is -0.113. The van der Waals surface area contributed by atoms with Gasteiger partial charge in [0, 0.05) is 27.2 Å². The molecule has 0 bridgehead atoms. The Morgan fingerprint density at radius 2 is 1.91 bits per heavy atom. The van der Waals surface area contributed by atoms with Crippen molar-refractivity contribution in [3.05, 3.63) is 0 Å². The third-order valence-corrected chi connectivity index (χ3v) is 10.1. The molecule has 6 heteroatoms. The molecular weight excluding hydrogens is 312 g/mol. The average Bonchev–Trinajstić information content (AvgIpc) is 3.41. The molecule has 4 atom stereocenters. The van der Waals surface area contributed by atoms with Gasteiger partial charge < -0.3 is 23.1 Å². The zero-order valence-electron chi connectivity index (χ0n) is 15.4. The van der Waals surface area contributed by atoms with Crippen LogP contribution >= 0.6 is 0 Å². The van der Waals surface area contributed by atoms with Crippen LogP contribution in [0.15, 0.2) is 0 Å². The van der Waals surface area contributed by atoms with Gasteiger partial charge in [0.2, 0.25) is 0 Å². The summed E-state index contributed by atoms with van der Waals surface area (Å²) >= 11 is 0. The molecule has 0 aliphatic carbocycles. The summed E-state index contributed by atoms with van der Waals surface area (Å²) < 4.78 is 29.9. The highest BCUT2D eigenvalue weighted by Gasteiger charge is 2.64. The van der Waals surface area contributed by atoms with E-state index < -0.39 is 8.56 Å². The molecule has 5 nitrogen and oxygen atoms in total. The summed E-state index contributed by atoms with van der Waals surface area (Å²) in [5.41, 5.74) is 0. The number of ether oxygens (including phenoxy) is 3. The van der Waals surface area contributed by atoms with E-state index in [1.54, 1.807) is 14.2 Å². The summed E-state index contributed by atoms with van der Waals surface area (Å²) in [6.45, 7) is 5.93. The summed E-state index contributed by atoms with van der Waals surface area (Å²) in [4.78, 5) is 0. The van der Waals surface area contributed by atoms with Crippen molar-refractivity contribution in [2.24, 2.45) is 5.92 Å². The molecule has 2 saturated heterocycles. The van der Waals surface area contributed by atoms with E-state index >= 15 is 0 Å². The maximum atomic E-state index is 6.25. The maximum Gasteiger partial charge on any atom is 0.371 e. The molecule has 2 fully saturated rings. The van der Waals surface area contributed by atoms with Crippen LogP contribution in [0.25, 0.3) is 0 Å². The van der Waals surface area contributed by atoms with Gasteiger partial charge in [0.25, 0.3) is 0 Å². The fourth-order valence-electron chi connectivity index (χ4n) is 4.47. The second-order valence-electron chi connectivity index (χ2n) is 6.74. The van der Waals surface area contributed by atoms with Gasteiger partial charge in [-0.25, -0.2) is 0 Å². The Balaban J connectivity index is 2.28. The van der Waals surface area contributed by atoms with E-state index in [-0.39, 0.29) is 11.3 Å². The zero-order valence-corrected chi connectivity index (χ0v) is 16.4. The molecular formula is C17H34O5Si. The van der Waals surface area contributed by atoms with E-state index in [1.807, 2.05) is 7.11 Å². The van der Waals surface area contributed by atoms with Crippen molar-refractivity contribution in [1.82, 2.24) is 0 Å². The first-order valence-corrected chi connectivity index (χ1v) is 11.0. The van der Waals surface area contributed by atoms with Crippen LogP contribution < -0.4 is 0 Å². The lowest BCUT2D eigenvalue weighted by Crippen LogP contribution is -2.70. The normalized spacial score (nSPS) is 34.3. The van der Waals surface area contributed by atoms with Gasteiger partial charge in [-0.05, 0) is 25.3 Å². The predicted octanol–water partition coefficient (Wildman–Crippen LogP) is 3.05. The highest BCUT2D eigenvalue weighted by molar-refractivity contribution is 6.70. The average molecular weight is 347 g/mol. The predicted molar refractivity (Wildman–Crippen MR) is 91.7 cm³/mol. The number of rotatable bonds is 10. The number of hydrogen-bond acceptors (Lipinski definition) is 5. The Bertz CT molecular complexity index is 359. The number of methoxy groups -OCH3 is 1. The number of hydrogen-bond donors (Lipinski definition) is 0. The molecule has 0 N–H and O–H groups in total. The van der Waals surface area contributed by atoms with E-state index in [0.717, 1.165) is 44.8 Å². The molecule has 2 rings (SSSR count). The first kappa shape index (κ1) is 19.3. The molecule has 0 radical (unpaired) electrons. The van der Waals surface area contributed by atoms with E-state index in [2.05, 4.69) is 13.8 Å². The highest BCUT2D eigenvalue weighted by atomic mass is 28.4. The van der Waals surface area contributed by atoms with Crippen molar-refractivity contribution >= 4 is 8.56 Å². The fourth-order valence-corrected chi connectivity index (χ4v) is 8.67. The zero-order chi connectivity index (χ0) is 16.9. The maximum absolute atomic E-state index is 6.25. The van der Waals surface area contributed by atoms with Crippen LogP contribution in [-0.4, -0.2) is 60.5 Å². The topological polar surface area (TPSA) is 49.5 Å². The minimum Gasteiger partial charge on any atom is -0.396 e. The molecule has 0 saturated carbocycles. The lowest BCUT2D eigenvalue weighted by atomic mass is 9.86. The van der Waals surface area contributed by atoms with Gasteiger partial charge in [0.1, 0.15) is 11.3 Å². The Labute approximate surface area is 142 Å². The van der Waals surface area contributed by atoms with Gasteiger partial charge in [0.05, 0.1) is 19.3 Å². The van der Waals surface area contributed by atoms with Gasteiger partial charge in [-0.2, -0.15) is 0 Å². The Kier molecular flexibility index (Phi) is 7.07. The second kappa shape index (κ2) is 8.40. The van der Waals surface area contributed by atoms with Gasteiger partial charge in [0.15, 0.2) is 0 Å². The standard InChI is InChI=1S/C17H34O5Si/c1-6-10-17(18-3)15(9-8-11-23(17,19-4)20-5)16(7-2)22-13-14-12-21-14/h14-16H,6-13H2,1-5H3. The lowest BCUT2D eigenvalue weighted by Gasteiger charge is -2.54. The van der Waals surface area contributed by atoms with Crippen molar-refractivity contribution in [3.8, 4) is 0 Å². The molecule has 0 aromatic carbocycles. The fraction of sp³-hybridized carbons (Fsp3) is 1.00. The quantitative estimate of drug-likeness (QED) is 0.449. The van der Waals surface area contributed by atoms with E-state index in [4.69, 9.17) is 23.1 Å². The molecule has 0 spiro atoms. The van der Waals surface area contributed by atoms with Crippen molar-refractivity contribution in [2.75, 3.05) is 34.5 Å². The van der Waals surface area contributed by atoms with E-state index in [9.17, 15) is 0 Å². The van der Waals surface area contributed by atoms with Crippen LogP contribution in [0.3, 0.4) is 0 Å². The summed E-state index contributed by atoms with van der Waals surface area (Å²) in [5.74, 6) is 0.316. The van der Waals surface area contributed by atoms with Crippen LogP contribution in [0.4, 0.5) is 0 Å². The Hall–Kier alpha value is 0.0169. The molecule has 4 unspecified atom stereocenters. The monoisotopic (exact) mass is 346 g/mol. The van der Waals surface area contributed by atoms with Crippen molar-refractivity contribution in [3.63, 3.8) is 0 Å². The van der Waals surface area contributed by atoms with Crippen LogP contribution in [0.5, 0.6) is 0 Å². The molecule has 2 heterocycles. The molecule has 0 aromatic heterocycles. The third-order valence-electron chi connectivity index (χ3n) is 5.66. The summed E-state index contributed by atoms with van der Waals surface area (Å²) in [7, 11) is 2.96. The minimum absolute atomic E-state index is 0.170. The molecule has 2 aliphatic heterocycles. The molecule has 0 amide bonds. The largest absolute Gasteiger partial charge is 0.396 e.